The summed E-state index contributed by atoms with van der Waals surface area (Å²) in [6.07, 6.45) is -0.212. The number of methoxy groups -OCH3 is 1. The minimum atomic E-state index is -4.34. The van der Waals surface area contributed by atoms with Crippen LogP contribution in [0.4, 0.5) is 17.6 Å². The lowest BCUT2D eigenvalue weighted by Crippen LogP contribution is -2.55. The van der Waals surface area contributed by atoms with E-state index in [1.165, 1.54) is 18.1 Å². The minimum absolute atomic E-state index is 0.00102. The first-order chi connectivity index (χ1) is 20.5. The number of hydrogen-bond donors (Lipinski definition) is 1. The number of carbonyl (C=O) groups is 1. The largest absolute Gasteiger partial charge is 0.485 e. The Bertz CT molecular complexity index is 1520. The maximum Gasteiger partial charge on any atom is 0.404 e. The molecule has 1 aromatic heterocycles. The van der Waals surface area contributed by atoms with Crippen LogP contribution in [0, 0.1) is 17.7 Å². The molecule has 0 amide bonds. The van der Waals surface area contributed by atoms with Crippen molar-refractivity contribution >= 4 is 5.97 Å². The van der Waals surface area contributed by atoms with Gasteiger partial charge < -0.3 is 14.6 Å². The van der Waals surface area contributed by atoms with E-state index in [0.29, 0.717) is 35.8 Å². The van der Waals surface area contributed by atoms with Gasteiger partial charge in [-0.3, -0.25) is 9.69 Å². The zero-order valence-corrected chi connectivity index (χ0v) is 24.0. The summed E-state index contributed by atoms with van der Waals surface area (Å²) in [6, 6.07) is 11.3. The Kier molecular flexibility index (Phi) is 7.83. The topological polar surface area (TPSA) is 71.9 Å². The summed E-state index contributed by atoms with van der Waals surface area (Å²) in [4.78, 5) is 17.1. The molecule has 2 aromatic carbocycles. The molecule has 6 nitrogen and oxygen atoms in total. The molecule has 3 aliphatic rings. The first kappa shape index (κ1) is 29.4. The van der Waals surface area contributed by atoms with Gasteiger partial charge in [-0.05, 0) is 77.8 Å². The molecule has 1 N–H and O–H groups in total. The van der Waals surface area contributed by atoms with Crippen LogP contribution in [0.15, 0.2) is 48.7 Å². The highest BCUT2D eigenvalue weighted by Gasteiger charge is 2.48. The summed E-state index contributed by atoms with van der Waals surface area (Å²) >= 11 is 0. The number of alkyl halides is 3. The van der Waals surface area contributed by atoms with E-state index >= 15 is 0 Å². The number of aliphatic carboxylic acids is 1. The molecule has 0 spiro atoms. The van der Waals surface area contributed by atoms with Crippen LogP contribution in [-0.2, 0) is 17.8 Å². The Labute approximate surface area is 247 Å². The van der Waals surface area contributed by atoms with E-state index in [4.69, 9.17) is 9.47 Å². The smallest absolute Gasteiger partial charge is 0.404 e. The van der Waals surface area contributed by atoms with E-state index in [1.54, 1.807) is 13.0 Å². The molecule has 0 bridgehead atoms. The van der Waals surface area contributed by atoms with E-state index in [2.05, 4.69) is 4.98 Å². The highest BCUT2D eigenvalue weighted by atomic mass is 19.4. The van der Waals surface area contributed by atoms with E-state index in [0.717, 1.165) is 42.1 Å². The first-order valence-corrected chi connectivity index (χ1v) is 14.7. The van der Waals surface area contributed by atoms with Crippen molar-refractivity contribution < 1.29 is 36.9 Å². The summed E-state index contributed by atoms with van der Waals surface area (Å²) in [5, 5.41) is 9.71. The Morgan fingerprint density at radius 3 is 2.56 bits per heavy atom. The number of pyridine rings is 1. The number of carboxylic acid groups (broad SMARTS) is 1. The summed E-state index contributed by atoms with van der Waals surface area (Å²) in [5.41, 5.74) is 4.02. The molecule has 43 heavy (non-hydrogen) atoms. The zero-order valence-electron chi connectivity index (χ0n) is 24.0. The van der Waals surface area contributed by atoms with Crippen molar-refractivity contribution in [3.8, 4) is 22.8 Å². The van der Waals surface area contributed by atoms with Gasteiger partial charge in [0.2, 0.25) is 5.88 Å². The van der Waals surface area contributed by atoms with Gasteiger partial charge in [0.25, 0.3) is 0 Å². The maximum absolute atomic E-state index is 15.0. The van der Waals surface area contributed by atoms with Crippen molar-refractivity contribution in [3.05, 3.63) is 76.7 Å². The third-order valence-corrected chi connectivity index (χ3v) is 9.19. The molecule has 0 radical (unpaired) electrons. The van der Waals surface area contributed by atoms with Gasteiger partial charge in [-0.25, -0.2) is 9.37 Å². The molecule has 1 aliphatic carbocycles. The molecule has 1 saturated heterocycles. The molecule has 2 aliphatic heterocycles. The van der Waals surface area contributed by atoms with Crippen LogP contribution in [-0.4, -0.2) is 46.8 Å². The molecular weight excluding hydrogens is 564 g/mol. The Morgan fingerprint density at radius 1 is 1.12 bits per heavy atom. The summed E-state index contributed by atoms with van der Waals surface area (Å²) in [5.74, 6) is -0.785. The second-order valence-corrected chi connectivity index (χ2v) is 11.9. The van der Waals surface area contributed by atoms with Crippen LogP contribution >= 0.6 is 0 Å². The van der Waals surface area contributed by atoms with Crippen LogP contribution in [0.5, 0.6) is 11.6 Å². The van der Waals surface area contributed by atoms with Crippen LogP contribution in [0.25, 0.3) is 11.1 Å². The van der Waals surface area contributed by atoms with Gasteiger partial charge >= 0.3 is 12.1 Å². The lowest BCUT2D eigenvalue weighted by Gasteiger charge is -2.42. The molecular formula is C33H34F4N2O4. The van der Waals surface area contributed by atoms with E-state index in [1.807, 2.05) is 30.3 Å². The number of halogens is 4. The Morgan fingerprint density at radius 2 is 1.91 bits per heavy atom. The summed E-state index contributed by atoms with van der Waals surface area (Å²) in [6.45, 7) is 2.05. The van der Waals surface area contributed by atoms with Crippen LogP contribution in [0.3, 0.4) is 0 Å². The number of aryl methyl sites for hydroxylation is 1. The number of benzene rings is 2. The van der Waals surface area contributed by atoms with Gasteiger partial charge in [0, 0.05) is 24.7 Å². The zero-order chi connectivity index (χ0) is 30.5. The van der Waals surface area contributed by atoms with Gasteiger partial charge in [0.05, 0.1) is 19.2 Å². The summed E-state index contributed by atoms with van der Waals surface area (Å²) in [7, 11) is 1.42. The second kappa shape index (κ2) is 11.4. The quantitative estimate of drug-likeness (QED) is 0.261. The molecule has 3 aromatic rings. The molecule has 3 heterocycles. The number of ether oxygens (including phenoxy) is 2. The number of carboxylic acids is 1. The fourth-order valence-electron chi connectivity index (χ4n) is 6.57. The molecule has 1 saturated carbocycles. The Hall–Kier alpha value is -3.66. The van der Waals surface area contributed by atoms with E-state index < -0.39 is 29.9 Å². The van der Waals surface area contributed by atoms with Crippen LogP contribution in [0.1, 0.15) is 66.9 Å². The van der Waals surface area contributed by atoms with Crippen molar-refractivity contribution in [2.75, 3.05) is 13.7 Å². The standard InChI is InChI=1S/C33H34F4N2O4/c1-18(32(40)41)31(20-4-5-20)22-6-3-19-8-10-27(43-28(19)14-22)21-7-9-24(25-15-30(42-2)38-16-26(25)34)23(13-21)17-39-12-11-29(39)33(35,36)37/h3,6-7,9,13-16,18,20,27,29,31H,4-5,8,10-12,17H2,1-2H3,(H,40,41)/t18-,27?,29?,31-/m0/s1. The predicted molar refractivity (Wildman–Crippen MR) is 151 cm³/mol. The van der Waals surface area contributed by atoms with Crippen molar-refractivity contribution in [1.29, 1.82) is 0 Å². The number of hydrogen-bond acceptors (Lipinski definition) is 5. The number of rotatable bonds is 9. The molecule has 2 fully saturated rings. The molecule has 6 rings (SSSR count). The number of likely N-dealkylation sites (tertiary alicyclic amines) is 1. The molecule has 10 heteroatoms. The maximum atomic E-state index is 15.0. The molecule has 228 valence electrons. The summed E-state index contributed by atoms with van der Waals surface area (Å²) < 4.78 is 67.5. The van der Waals surface area contributed by atoms with Crippen LogP contribution < -0.4 is 9.47 Å². The Balaban J connectivity index is 1.32. The number of nitrogens with zero attached hydrogens (tertiary/aromatic N) is 2. The molecule has 2 unspecified atom stereocenters. The van der Waals surface area contributed by atoms with Crippen molar-refractivity contribution in [3.63, 3.8) is 0 Å². The van der Waals surface area contributed by atoms with Crippen LogP contribution in [0.2, 0.25) is 0 Å². The molecule has 4 atom stereocenters. The van der Waals surface area contributed by atoms with Crippen molar-refractivity contribution in [2.45, 2.75) is 69.8 Å². The second-order valence-electron chi connectivity index (χ2n) is 11.9. The first-order valence-electron chi connectivity index (χ1n) is 14.7. The third-order valence-electron chi connectivity index (χ3n) is 9.19. The van der Waals surface area contributed by atoms with Crippen molar-refractivity contribution in [1.82, 2.24) is 9.88 Å². The number of fused-ring (bicyclic) bond motifs is 1. The predicted octanol–water partition coefficient (Wildman–Crippen LogP) is 7.31. The lowest BCUT2D eigenvalue weighted by atomic mass is 9.82. The van der Waals surface area contributed by atoms with E-state index in [-0.39, 0.29) is 36.4 Å². The van der Waals surface area contributed by atoms with Gasteiger partial charge in [-0.2, -0.15) is 13.2 Å². The van der Waals surface area contributed by atoms with E-state index in [9.17, 15) is 27.5 Å². The SMILES string of the molecule is COc1cc(-c2ccc(C3CCc4ccc([C@H](C5CC5)[C@H](C)C(=O)O)cc4O3)cc2CN2CCC2C(F)(F)F)c(F)cn1. The van der Waals surface area contributed by atoms with Crippen molar-refractivity contribution in [2.24, 2.45) is 11.8 Å². The highest BCUT2D eigenvalue weighted by Crippen LogP contribution is 2.48. The fraction of sp³-hybridized carbons (Fsp3) is 0.455. The van der Waals surface area contributed by atoms with Gasteiger partial charge in [-0.15, -0.1) is 0 Å². The van der Waals surface area contributed by atoms with Gasteiger partial charge in [-0.1, -0.05) is 37.3 Å². The normalized spacial score (nSPS) is 21.7. The minimum Gasteiger partial charge on any atom is -0.485 e. The monoisotopic (exact) mass is 598 g/mol. The number of aromatic nitrogens is 1. The van der Waals surface area contributed by atoms with Gasteiger partial charge in [0.15, 0.2) is 0 Å². The van der Waals surface area contributed by atoms with Gasteiger partial charge in [0.1, 0.15) is 23.7 Å². The average molecular weight is 599 g/mol. The fourth-order valence-corrected chi connectivity index (χ4v) is 6.57. The lowest BCUT2D eigenvalue weighted by molar-refractivity contribution is -0.212. The highest BCUT2D eigenvalue weighted by molar-refractivity contribution is 5.71. The average Bonchev–Trinajstić information content (AvgIpc) is 3.79. The third kappa shape index (κ3) is 5.94.